The third kappa shape index (κ3) is 3.36. The Bertz CT molecular complexity index is 949. The van der Waals surface area contributed by atoms with E-state index in [4.69, 9.17) is 11.6 Å². The van der Waals surface area contributed by atoms with Crippen molar-refractivity contribution in [1.82, 2.24) is 20.4 Å². The maximum atomic E-state index is 12.2. The summed E-state index contributed by atoms with van der Waals surface area (Å²) in [6, 6.07) is 17.6. The molecule has 0 bridgehead atoms. The molecule has 0 fully saturated rings. The van der Waals surface area contributed by atoms with E-state index in [1.807, 2.05) is 36.4 Å². The second kappa shape index (κ2) is 6.94. The number of fused-ring (bicyclic) bond motifs is 1. The molecule has 1 aromatic heterocycles. The predicted octanol–water partition coefficient (Wildman–Crippen LogP) is 3.54. The number of carbonyl (C=O) groups excluding carboxylic acids is 1. The van der Waals surface area contributed by atoms with E-state index in [1.165, 1.54) is 11.1 Å². The van der Waals surface area contributed by atoms with Crippen LogP contribution in [0.3, 0.4) is 0 Å². The highest BCUT2D eigenvalue weighted by Crippen LogP contribution is 2.24. The molecule has 1 atom stereocenters. The van der Waals surface area contributed by atoms with Crippen molar-refractivity contribution < 1.29 is 4.79 Å². The summed E-state index contributed by atoms with van der Waals surface area (Å²) in [6.07, 6.45) is -0.0933. The fourth-order valence-electron chi connectivity index (χ4n) is 3.15. The van der Waals surface area contributed by atoms with Crippen molar-refractivity contribution in [3.63, 3.8) is 0 Å². The normalized spacial score (nSPS) is 16.2. The maximum absolute atomic E-state index is 12.2. The fraction of sp³-hybridized carbons (Fsp3) is 0.200. The van der Waals surface area contributed by atoms with Gasteiger partial charge in [0.2, 0.25) is 0 Å². The molecule has 132 valence electrons. The molecule has 6 heteroatoms. The Balaban J connectivity index is 1.59. The molecular formula is C20H19ClN4O. The minimum atomic E-state index is -0.105. The lowest BCUT2D eigenvalue weighted by atomic mass is 10.1. The first-order chi connectivity index (χ1) is 12.6. The molecule has 1 amide bonds. The predicted molar refractivity (Wildman–Crippen MR) is 102 cm³/mol. The Morgan fingerprint density at radius 2 is 2.04 bits per heavy atom. The molecule has 2 aromatic carbocycles. The van der Waals surface area contributed by atoms with E-state index in [2.05, 4.69) is 40.9 Å². The molecule has 0 saturated heterocycles. The molecule has 3 aromatic rings. The zero-order valence-corrected chi connectivity index (χ0v) is 15.1. The number of nitrogens with zero attached hydrogens (tertiary/aromatic N) is 2. The van der Waals surface area contributed by atoms with Gasteiger partial charge in [0.15, 0.2) is 0 Å². The Hall–Kier alpha value is -2.63. The molecule has 0 aliphatic carbocycles. The van der Waals surface area contributed by atoms with Crippen LogP contribution in [0.2, 0.25) is 5.02 Å². The SMILES string of the molecule is Cc1cccc(CN[C@@H]2CNC(=O)c3cc(-c4ccc(Cl)cc4)nn32)c1. The van der Waals surface area contributed by atoms with Crippen molar-refractivity contribution in [2.75, 3.05) is 6.54 Å². The lowest BCUT2D eigenvalue weighted by Gasteiger charge is -2.25. The van der Waals surface area contributed by atoms with E-state index < -0.39 is 0 Å². The van der Waals surface area contributed by atoms with Gasteiger partial charge in [0, 0.05) is 17.1 Å². The van der Waals surface area contributed by atoms with Gasteiger partial charge in [-0.15, -0.1) is 0 Å². The summed E-state index contributed by atoms with van der Waals surface area (Å²) >= 11 is 5.96. The number of aryl methyl sites for hydroxylation is 1. The molecular weight excluding hydrogens is 348 g/mol. The van der Waals surface area contributed by atoms with Gasteiger partial charge >= 0.3 is 0 Å². The smallest absolute Gasteiger partial charge is 0.269 e. The number of carbonyl (C=O) groups is 1. The van der Waals surface area contributed by atoms with Gasteiger partial charge < -0.3 is 5.32 Å². The molecule has 1 aliphatic rings. The highest BCUT2D eigenvalue weighted by Gasteiger charge is 2.27. The summed E-state index contributed by atoms with van der Waals surface area (Å²) in [5.41, 5.74) is 4.68. The molecule has 0 spiro atoms. The van der Waals surface area contributed by atoms with Crippen LogP contribution >= 0.6 is 11.6 Å². The fourth-order valence-corrected chi connectivity index (χ4v) is 3.27. The number of benzene rings is 2. The van der Waals surface area contributed by atoms with Crippen LogP contribution < -0.4 is 10.6 Å². The molecule has 2 N–H and O–H groups in total. The Kier molecular flexibility index (Phi) is 4.49. The number of amides is 1. The standard InChI is InChI=1S/C20H19ClN4O/c1-13-3-2-4-14(9-13)11-22-19-12-23-20(26)18-10-17(24-25(18)19)15-5-7-16(21)8-6-15/h2-10,19,22H,11-12H2,1H3,(H,23,26)/t19-/m0/s1. The van der Waals surface area contributed by atoms with Gasteiger partial charge in [-0.25, -0.2) is 4.68 Å². The van der Waals surface area contributed by atoms with Crippen molar-refractivity contribution in [3.05, 3.63) is 76.4 Å². The minimum absolute atomic E-state index is 0.0933. The van der Waals surface area contributed by atoms with Gasteiger partial charge in [0.25, 0.3) is 5.91 Å². The molecule has 0 saturated carbocycles. The highest BCUT2D eigenvalue weighted by molar-refractivity contribution is 6.30. The Morgan fingerprint density at radius 1 is 1.23 bits per heavy atom. The van der Waals surface area contributed by atoms with Gasteiger partial charge in [-0.05, 0) is 30.7 Å². The lowest BCUT2D eigenvalue weighted by molar-refractivity contribution is 0.0900. The van der Waals surface area contributed by atoms with E-state index in [-0.39, 0.29) is 12.1 Å². The molecule has 0 radical (unpaired) electrons. The summed E-state index contributed by atoms with van der Waals surface area (Å²) in [5.74, 6) is -0.105. The molecule has 4 rings (SSSR count). The largest absolute Gasteiger partial charge is 0.347 e. The monoisotopic (exact) mass is 366 g/mol. The zero-order chi connectivity index (χ0) is 18.1. The van der Waals surface area contributed by atoms with E-state index >= 15 is 0 Å². The summed E-state index contributed by atoms with van der Waals surface area (Å²) in [6.45, 7) is 3.28. The third-order valence-electron chi connectivity index (χ3n) is 4.48. The summed E-state index contributed by atoms with van der Waals surface area (Å²) in [5, 5.41) is 11.7. The van der Waals surface area contributed by atoms with E-state index in [0.29, 0.717) is 23.8 Å². The van der Waals surface area contributed by atoms with Gasteiger partial charge in [0.1, 0.15) is 11.9 Å². The minimum Gasteiger partial charge on any atom is -0.347 e. The van der Waals surface area contributed by atoms with Crippen molar-refractivity contribution in [1.29, 1.82) is 0 Å². The van der Waals surface area contributed by atoms with Gasteiger partial charge in [0.05, 0.1) is 12.2 Å². The Labute approximate surface area is 157 Å². The second-order valence-corrected chi connectivity index (χ2v) is 6.90. The van der Waals surface area contributed by atoms with E-state index in [0.717, 1.165) is 11.3 Å². The quantitative estimate of drug-likeness (QED) is 0.742. The van der Waals surface area contributed by atoms with E-state index in [9.17, 15) is 4.79 Å². The molecule has 5 nitrogen and oxygen atoms in total. The van der Waals surface area contributed by atoms with Crippen LogP contribution in [0, 0.1) is 6.92 Å². The third-order valence-corrected chi connectivity index (χ3v) is 4.74. The number of hydrogen-bond acceptors (Lipinski definition) is 3. The number of hydrogen-bond donors (Lipinski definition) is 2. The topological polar surface area (TPSA) is 58.9 Å². The van der Waals surface area contributed by atoms with Gasteiger partial charge in [-0.2, -0.15) is 5.10 Å². The average molecular weight is 367 g/mol. The zero-order valence-electron chi connectivity index (χ0n) is 14.4. The van der Waals surface area contributed by atoms with Crippen LogP contribution in [0.4, 0.5) is 0 Å². The van der Waals surface area contributed by atoms with Crippen LogP contribution in [0.5, 0.6) is 0 Å². The number of nitrogens with one attached hydrogen (secondary N) is 2. The van der Waals surface area contributed by atoms with Crippen molar-refractivity contribution in [3.8, 4) is 11.3 Å². The van der Waals surface area contributed by atoms with Gasteiger partial charge in [-0.1, -0.05) is 53.6 Å². The first kappa shape index (κ1) is 16.8. The van der Waals surface area contributed by atoms with Crippen molar-refractivity contribution in [2.45, 2.75) is 19.6 Å². The van der Waals surface area contributed by atoms with Crippen LogP contribution in [-0.2, 0) is 6.54 Å². The van der Waals surface area contributed by atoms with Crippen molar-refractivity contribution in [2.24, 2.45) is 0 Å². The van der Waals surface area contributed by atoms with Gasteiger partial charge in [-0.3, -0.25) is 10.1 Å². The molecule has 26 heavy (non-hydrogen) atoms. The number of aromatic nitrogens is 2. The van der Waals surface area contributed by atoms with Crippen LogP contribution in [0.15, 0.2) is 54.6 Å². The molecule has 2 heterocycles. The van der Waals surface area contributed by atoms with Crippen LogP contribution in [0.1, 0.15) is 27.8 Å². The van der Waals surface area contributed by atoms with E-state index in [1.54, 1.807) is 4.68 Å². The van der Waals surface area contributed by atoms with Crippen molar-refractivity contribution >= 4 is 17.5 Å². The first-order valence-corrected chi connectivity index (χ1v) is 8.90. The summed E-state index contributed by atoms with van der Waals surface area (Å²) in [7, 11) is 0. The number of rotatable bonds is 4. The van der Waals surface area contributed by atoms with Crippen LogP contribution in [-0.4, -0.2) is 22.2 Å². The Morgan fingerprint density at radius 3 is 2.81 bits per heavy atom. The average Bonchev–Trinajstić information content (AvgIpc) is 3.08. The van der Waals surface area contributed by atoms with Crippen LogP contribution in [0.25, 0.3) is 11.3 Å². The molecule has 0 unspecified atom stereocenters. The second-order valence-electron chi connectivity index (χ2n) is 6.46. The maximum Gasteiger partial charge on any atom is 0.269 e. The molecule has 1 aliphatic heterocycles. The lowest BCUT2D eigenvalue weighted by Crippen LogP contribution is -2.45. The summed E-state index contributed by atoms with van der Waals surface area (Å²) < 4.78 is 1.78. The number of halogens is 1. The first-order valence-electron chi connectivity index (χ1n) is 8.53. The highest BCUT2D eigenvalue weighted by atomic mass is 35.5. The summed E-state index contributed by atoms with van der Waals surface area (Å²) in [4.78, 5) is 12.2.